The molecule has 2 rings (SSSR count). The van der Waals surface area contributed by atoms with Crippen molar-refractivity contribution in [1.82, 2.24) is 0 Å². The lowest BCUT2D eigenvalue weighted by Crippen LogP contribution is -2.48. The van der Waals surface area contributed by atoms with Gasteiger partial charge in [0.05, 0.1) is 12.7 Å². The average molecular weight is 310 g/mol. The van der Waals surface area contributed by atoms with Crippen LogP contribution in [0.2, 0.25) is 0 Å². The zero-order chi connectivity index (χ0) is 13.2. The summed E-state index contributed by atoms with van der Waals surface area (Å²) in [6.07, 6.45) is 1.46. The third-order valence-corrected chi connectivity index (χ3v) is 4.27. The molecule has 2 unspecified atom stereocenters. The molecule has 1 fully saturated rings. The molecule has 1 aliphatic rings. The zero-order valence-electron chi connectivity index (χ0n) is 10.3. The van der Waals surface area contributed by atoms with Gasteiger partial charge in [-0.1, -0.05) is 28.1 Å². The van der Waals surface area contributed by atoms with E-state index in [0.717, 1.165) is 16.5 Å². The molecule has 0 spiro atoms. The minimum atomic E-state index is -1.22. The highest BCUT2D eigenvalue weighted by molar-refractivity contribution is 9.10. The summed E-state index contributed by atoms with van der Waals surface area (Å²) in [5, 5.41) is 20.4. The van der Waals surface area contributed by atoms with Crippen molar-refractivity contribution in [3.8, 4) is 6.07 Å². The molecule has 1 heterocycles. The van der Waals surface area contributed by atoms with E-state index in [1.165, 1.54) is 0 Å². The van der Waals surface area contributed by atoms with Gasteiger partial charge in [-0.3, -0.25) is 0 Å². The molecule has 3 nitrogen and oxygen atoms in total. The molecular weight excluding hydrogens is 294 g/mol. The van der Waals surface area contributed by atoms with Gasteiger partial charge in [0, 0.05) is 11.1 Å². The Kier molecular flexibility index (Phi) is 3.76. The fourth-order valence-corrected chi connectivity index (χ4v) is 2.84. The first-order valence-corrected chi connectivity index (χ1v) is 6.79. The largest absolute Gasteiger partial charge is 0.384 e. The molecule has 1 aliphatic heterocycles. The van der Waals surface area contributed by atoms with Crippen LogP contribution in [0.15, 0.2) is 28.7 Å². The van der Waals surface area contributed by atoms with Gasteiger partial charge in [-0.2, -0.15) is 5.26 Å². The van der Waals surface area contributed by atoms with Gasteiger partial charge in [0.2, 0.25) is 0 Å². The highest BCUT2D eigenvalue weighted by Crippen LogP contribution is 2.45. The van der Waals surface area contributed by atoms with Crippen molar-refractivity contribution in [2.24, 2.45) is 5.41 Å². The maximum absolute atomic E-state index is 10.9. The predicted molar refractivity (Wildman–Crippen MR) is 71.8 cm³/mol. The van der Waals surface area contributed by atoms with Gasteiger partial charge in [0.1, 0.15) is 11.0 Å². The van der Waals surface area contributed by atoms with E-state index in [9.17, 15) is 10.4 Å². The summed E-state index contributed by atoms with van der Waals surface area (Å²) in [4.78, 5) is 0. The number of nitriles is 1. The quantitative estimate of drug-likeness (QED) is 0.913. The molecular formula is C14H16BrNO2. The van der Waals surface area contributed by atoms with Gasteiger partial charge in [-0.15, -0.1) is 0 Å². The molecule has 0 bridgehead atoms. The Bertz CT molecular complexity index is 473. The molecule has 0 aromatic heterocycles. The first-order valence-electron chi connectivity index (χ1n) is 5.99. The molecule has 1 saturated heterocycles. The molecule has 0 amide bonds. The van der Waals surface area contributed by atoms with Crippen LogP contribution in [0.5, 0.6) is 0 Å². The fraction of sp³-hybridized carbons (Fsp3) is 0.500. The van der Waals surface area contributed by atoms with Gasteiger partial charge in [-0.25, -0.2) is 0 Å². The number of benzene rings is 1. The smallest absolute Gasteiger partial charge is 0.113 e. The lowest BCUT2D eigenvalue weighted by atomic mass is 9.67. The third-order valence-electron chi connectivity index (χ3n) is 3.77. The lowest BCUT2D eigenvalue weighted by molar-refractivity contribution is -0.113. The average Bonchev–Trinajstić information content (AvgIpc) is 2.39. The molecule has 4 heteroatoms. The Morgan fingerprint density at radius 2 is 2.33 bits per heavy atom. The summed E-state index contributed by atoms with van der Waals surface area (Å²) >= 11 is 3.39. The van der Waals surface area contributed by atoms with Gasteiger partial charge < -0.3 is 9.84 Å². The normalized spacial score (nSPS) is 27.2. The molecule has 1 N–H and O–H groups in total. The van der Waals surface area contributed by atoms with E-state index in [1.807, 2.05) is 24.3 Å². The van der Waals surface area contributed by atoms with E-state index in [1.54, 1.807) is 6.92 Å². The maximum atomic E-state index is 10.9. The van der Waals surface area contributed by atoms with Crippen LogP contribution in [0.3, 0.4) is 0 Å². The second kappa shape index (κ2) is 5.00. The molecule has 18 heavy (non-hydrogen) atoms. The van der Waals surface area contributed by atoms with Gasteiger partial charge in [0.25, 0.3) is 0 Å². The minimum absolute atomic E-state index is 0.281. The van der Waals surface area contributed by atoms with Gasteiger partial charge >= 0.3 is 0 Å². The number of ether oxygens (including phenoxy) is 1. The van der Waals surface area contributed by atoms with Crippen molar-refractivity contribution < 1.29 is 9.84 Å². The molecule has 2 atom stereocenters. The number of nitrogens with zero attached hydrogens (tertiary/aromatic N) is 1. The van der Waals surface area contributed by atoms with Crippen LogP contribution < -0.4 is 0 Å². The summed E-state index contributed by atoms with van der Waals surface area (Å²) in [7, 11) is 0. The Morgan fingerprint density at radius 3 is 2.89 bits per heavy atom. The number of hydrogen-bond donors (Lipinski definition) is 1. The number of aliphatic hydroxyl groups is 1. The monoisotopic (exact) mass is 309 g/mol. The van der Waals surface area contributed by atoms with Crippen LogP contribution in [-0.2, 0) is 10.3 Å². The zero-order valence-corrected chi connectivity index (χ0v) is 11.9. The van der Waals surface area contributed by atoms with Crippen molar-refractivity contribution in [3.63, 3.8) is 0 Å². The van der Waals surface area contributed by atoms with E-state index in [-0.39, 0.29) is 6.61 Å². The van der Waals surface area contributed by atoms with Crippen molar-refractivity contribution >= 4 is 15.9 Å². The highest BCUT2D eigenvalue weighted by Gasteiger charge is 2.50. The van der Waals surface area contributed by atoms with Crippen LogP contribution in [0, 0.1) is 16.7 Å². The van der Waals surface area contributed by atoms with Crippen molar-refractivity contribution in [2.45, 2.75) is 25.4 Å². The number of hydrogen-bond acceptors (Lipinski definition) is 3. The van der Waals surface area contributed by atoms with E-state index >= 15 is 0 Å². The maximum Gasteiger partial charge on any atom is 0.113 e. The number of halogens is 1. The minimum Gasteiger partial charge on any atom is -0.384 e. The number of rotatable bonds is 2. The molecule has 0 saturated carbocycles. The molecule has 1 aromatic carbocycles. The van der Waals surface area contributed by atoms with Gasteiger partial charge in [0.15, 0.2) is 0 Å². The topological polar surface area (TPSA) is 53.2 Å². The van der Waals surface area contributed by atoms with Crippen LogP contribution >= 0.6 is 15.9 Å². The third kappa shape index (κ3) is 2.18. The van der Waals surface area contributed by atoms with Crippen LogP contribution in [0.1, 0.15) is 25.3 Å². The van der Waals surface area contributed by atoms with E-state index in [0.29, 0.717) is 13.0 Å². The van der Waals surface area contributed by atoms with E-state index < -0.39 is 11.0 Å². The Morgan fingerprint density at radius 1 is 1.56 bits per heavy atom. The second-order valence-corrected chi connectivity index (χ2v) is 5.85. The predicted octanol–water partition coefficient (Wildman–Crippen LogP) is 2.98. The summed E-state index contributed by atoms with van der Waals surface area (Å²) in [5.41, 5.74) is -1.35. The Balaban J connectivity index is 2.43. The standard InChI is InChI=1S/C14H16BrNO2/c1-13(17,11-4-2-5-12(15)8-11)14(9-16)6-3-7-18-10-14/h2,4-5,8,17H,3,6-7,10H2,1H3. The second-order valence-electron chi connectivity index (χ2n) is 4.93. The van der Waals surface area contributed by atoms with Gasteiger partial charge in [-0.05, 0) is 37.5 Å². The lowest BCUT2D eigenvalue weighted by Gasteiger charge is -2.42. The summed E-state index contributed by atoms with van der Waals surface area (Å²) in [6.45, 7) is 2.65. The van der Waals surface area contributed by atoms with Crippen LogP contribution in [-0.4, -0.2) is 18.3 Å². The Hall–Kier alpha value is -0.890. The fourth-order valence-electron chi connectivity index (χ4n) is 2.44. The van der Waals surface area contributed by atoms with Crippen LogP contribution in [0.4, 0.5) is 0 Å². The van der Waals surface area contributed by atoms with Crippen molar-refractivity contribution in [1.29, 1.82) is 5.26 Å². The van der Waals surface area contributed by atoms with E-state index in [4.69, 9.17) is 4.74 Å². The molecule has 96 valence electrons. The molecule has 1 aromatic rings. The Labute approximate surface area is 116 Å². The molecule has 0 aliphatic carbocycles. The summed E-state index contributed by atoms with van der Waals surface area (Å²) < 4.78 is 6.31. The van der Waals surface area contributed by atoms with Crippen molar-refractivity contribution in [2.75, 3.05) is 13.2 Å². The SMILES string of the molecule is CC(O)(c1cccc(Br)c1)C1(C#N)CCCOC1. The summed E-state index contributed by atoms with van der Waals surface area (Å²) in [6, 6.07) is 9.75. The first-order chi connectivity index (χ1) is 8.52. The van der Waals surface area contributed by atoms with Crippen molar-refractivity contribution in [3.05, 3.63) is 34.3 Å². The first kappa shape index (κ1) is 13.5. The van der Waals surface area contributed by atoms with Crippen LogP contribution in [0.25, 0.3) is 0 Å². The summed E-state index contributed by atoms with van der Waals surface area (Å²) in [5.74, 6) is 0. The highest BCUT2D eigenvalue weighted by atomic mass is 79.9. The molecule has 0 radical (unpaired) electrons. The van der Waals surface area contributed by atoms with E-state index in [2.05, 4.69) is 22.0 Å².